The molecule has 0 bridgehead atoms. The van der Waals surface area contributed by atoms with Crippen LogP contribution in [0.15, 0.2) is 52.7 Å². The molecule has 0 fully saturated rings. The monoisotopic (exact) mass is 335 g/mol. The maximum absolute atomic E-state index is 5.68. The highest BCUT2D eigenvalue weighted by Gasteiger charge is 2.17. The molecule has 130 valence electrons. The summed E-state index contributed by atoms with van der Waals surface area (Å²) in [5.74, 6) is 2.10. The lowest BCUT2D eigenvalue weighted by Gasteiger charge is -2.28. The lowest BCUT2D eigenvalue weighted by Crippen LogP contribution is -2.28. The fourth-order valence-corrected chi connectivity index (χ4v) is 3.66. The summed E-state index contributed by atoms with van der Waals surface area (Å²) < 4.78 is 7.92. The van der Waals surface area contributed by atoms with Crippen LogP contribution in [0.5, 0.6) is 0 Å². The second-order valence-corrected chi connectivity index (χ2v) is 6.75. The largest absolute Gasteiger partial charge is 0.466 e. The number of aryl methyl sites for hydroxylation is 3. The molecule has 3 aromatic heterocycles. The summed E-state index contributed by atoms with van der Waals surface area (Å²) in [4.78, 5) is 7.03. The lowest BCUT2D eigenvalue weighted by atomic mass is 10.0. The standard InChI is InChI=1S/C21H25N3O/c1-3-23-15-20(19-5-4-12-22-21(19)23)24-13-10-17(11-14-24)7-9-18-8-6-16(2)25-18/h4-6,8,10,12,15H,3,7,9,11,13-14H2,1-2H3. The molecule has 4 heteroatoms. The minimum Gasteiger partial charge on any atom is -0.466 e. The molecule has 0 radical (unpaired) electrons. The van der Waals surface area contributed by atoms with Gasteiger partial charge in [-0.05, 0) is 51.0 Å². The number of anilines is 1. The first-order chi connectivity index (χ1) is 12.2. The predicted molar refractivity (Wildman–Crippen MR) is 102 cm³/mol. The highest BCUT2D eigenvalue weighted by molar-refractivity contribution is 5.91. The average Bonchev–Trinajstić information content (AvgIpc) is 3.24. The molecule has 4 heterocycles. The smallest absolute Gasteiger partial charge is 0.141 e. The van der Waals surface area contributed by atoms with Crippen molar-refractivity contribution in [1.82, 2.24) is 9.55 Å². The van der Waals surface area contributed by atoms with Crippen molar-refractivity contribution < 1.29 is 4.42 Å². The van der Waals surface area contributed by atoms with E-state index >= 15 is 0 Å². The third kappa shape index (κ3) is 3.21. The topological polar surface area (TPSA) is 34.2 Å². The fourth-order valence-electron chi connectivity index (χ4n) is 3.66. The Kier molecular flexibility index (Phi) is 4.35. The quantitative estimate of drug-likeness (QED) is 0.632. The van der Waals surface area contributed by atoms with E-state index in [1.807, 2.05) is 25.3 Å². The van der Waals surface area contributed by atoms with Crippen molar-refractivity contribution in [3.63, 3.8) is 0 Å². The van der Waals surface area contributed by atoms with E-state index in [4.69, 9.17) is 4.42 Å². The van der Waals surface area contributed by atoms with Gasteiger partial charge in [0.25, 0.3) is 0 Å². The maximum Gasteiger partial charge on any atom is 0.141 e. The SMILES string of the molecule is CCn1cc(N2CC=C(CCc3ccc(C)o3)CC2)c2cccnc21. The van der Waals surface area contributed by atoms with E-state index in [0.29, 0.717) is 0 Å². The first-order valence-electron chi connectivity index (χ1n) is 9.16. The normalized spacial score (nSPS) is 15.0. The lowest BCUT2D eigenvalue weighted by molar-refractivity contribution is 0.481. The van der Waals surface area contributed by atoms with E-state index < -0.39 is 0 Å². The van der Waals surface area contributed by atoms with Gasteiger partial charge >= 0.3 is 0 Å². The second-order valence-electron chi connectivity index (χ2n) is 6.75. The average molecular weight is 335 g/mol. The third-order valence-corrected chi connectivity index (χ3v) is 5.09. The number of pyridine rings is 1. The van der Waals surface area contributed by atoms with Crippen LogP contribution in [0.4, 0.5) is 5.69 Å². The Hall–Kier alpha value is -2.49. The maximum atomic E-state index is 5.68. The molecule has 0 atom stereocenters. The molecule has 1 aliphatic rings. The van der Waals surface area contributed by atoms with Crippen LogP contribution in [-0.2, 0) is 13.0 Å². The Labute approximate surface area is 148 Å². The van der Waals surface area contributed by atoms with Gasteiger partial charge in [-0.1, -0.05) is 11.6 Å². The van der Waals surface area contributed by atoms with Crippen molar-refractivity contribution in [1.29, 1.82) is 0 Å². The van der Waals surface area contributed by atoms with E-state index in [0.717, 1.165) is 56.1 Å². The van der Waals surface area contributed by atoms with Crippen LogP contribution in [0.1, 0.15) is 31.3 Å². The van der Waals surface area contributed by atoms with Crippen LogP contribution in [0.25, 0.3) is 11.0 Å². The van der Waals surface area contributed by atoms with Crippen LogP contribution in [-0.4, -0.2) is 22.6 Å². The van der Waals surface area contributed by atoms with Crippen LogP contribution < -0.4 is 4.90 Å². The summed E-state index contributed by atoms with van der Waals surface area (Å²) >= 11 is 0. The molecule has 4 nitrogen and oxygen atoms in total. The highest BCUT2D eigenvalue weighted by Crippen LogP contribution is 2.30. The molecule has 0 unspecified atom stereocenters. The first kappa shape index (κ1) is 16.0. The van der Waals surface area contributed by atoms with Crippen LogP contribution in [0, 0.1) is 6.92 Å². The van der Waals surface area contributed by atoms with Gasteiger partial charge in [-0.15, -0.1) is 0 Å². The molecule has 3 aromatic rings. The van der Waals surface area contributed by atoms with Crippen molar-refractivity contribution >= 4 is 16.7 Å². The molecule has 4 rings (SSSR count). The Morgan fingerprint density at radius 2 is 2.12 bits per heavy atom. The number of hydrogen-bond acceptors (Lipinski definition) is 3. The molecule has 0 aliphatic carbocycles. The minimum absolute atomic E-state index is 0.949. The van der Waals surface area contributed by atoms with Crippen LogP contribution in [0.2, 0.25) is 0 Å². The summed E-state index contributed by atoms with van der Waals surface area (Å²) in [6.07, 6.45) is 9.74. The van der Waals surface area contributed by atoms with E-state index in [1.54, 1.807) is 5.57 Å². The Morgan fingerprint density at radius 3 is 2.84 bits per heavy atom. The molecule has 0 saturated heterocycles. The van der Waals surface area contributed by atoms with Gasteiger partial charge in [0.1, 0.15) is 17.2 Å². The molecular formula is C21H25N3O. The van der Waals surface area contributed by atoms with Crippen molar-refractivity contribution in [3.05, 3.63) is 59.8 Å². The molecule has 0 aromatic carbocycles. The predicted octanol–water partition coefficient (Wildman–Crippen LogP) is 4.73. The summed E-state index contributed by atoms with van der Waals surface area (Å²) in [6, 6.07) is 8.35. The number of nitrogens with zero attached hydrogens (tertiary/aromatic N) is 3. The van der Waals surface area contributed by atoms with Gasteiger partial charge < -0.3 is 13.9 Å². The van der Waals surface area contributed by atoms with Gasteiger partial charge in [0, 0.05) is 43.8 Å². The highest BCUT2D eigenvalue weighted by atomic mass is 16.3. The third-order valence-electron chi connectivity index (χ3n) is 5.09. The molecule has 25 heavy (non-hydrogen) atoms. The van der Waals surface area contributed by atoms with Gasteiger partial charge in [0.05, 0.1) is 5.69 Å². The first-order valence-corrected chi connectivity index (χ1v) is 9.16. The van der Waals surface area contributed by atoms with Crippen LogP contribution >= 0.6 is 0 Å². The number of aromatic nitrogens is 2. The van der Waals surface area contributed by atoms with Gasteiger partial charge in [-0.3, -0.25) is 0 Å². The number of hydrogen-bond donors (Lipinski definition) is 0. The summed E-state index contributed by atoms with van der Waals surface area (Å²) in [5, 5.41) is 1.26. The van der Waals surface area contributed by atoms with Gasteiger partial charge in [0.15, 0.2) is 0 Å². The van der Waals surface area contributed by atoms with E-state index in [2.05, 4.69) is 45.8 Å². The second kappa shape index (κ2) is 6.79. The summed E-state index contributed by atoms with van der Waals surface area (Å²) in [7, 11) is 0. The van der Waals surface area contributed by atoms with Crippen molar-refractivity contribution in [2.75, 3.05) is 18.0 Å². The summed E-state index contributed by atoms with van der Waals surface area (Å²) in [5.41, 5.74) is 3.94. The molecule has 0 saturated carbocycles. The number of furan rings is 1. The van der Waals surface area contributed by atoms with E-state index in [9.17, 15) is 0 Å². The Bertz CT molecular complexity index is 903. The zero-order chi connectivity index (χ0) is 17.2. The molecule has 1 aliphatic heterocycles. The van der Waals surface area contributed by atoms with Crippen molar-refractivity contribution in [2.24, 2.45) is 0 Å². The van der Waals surface area contributed by atoms with E-state index in [1.165, 1.54) is 11.1 Å². The Morgan fingerprint density at radius 1 is 1.20 bits per heavy atom. The number of fused-ring (bicyclic) bond motifs is 1. The fraction of sp³-hybridized carbons (Fsp3) is 0.381. The van der Waals surface area contributed by atoms with Crippen molar-refractivity contribution in [3.8, 4) is 0 Å². The molecule has 0 N–H and O–H groups in total. The minimum atomic E-state index is 0.949. The van der Waals surface area contributed by atoms with E-state index in [-0.39, 0.29) is 0 Å². The summed E-state index contributed by atoms with van der Waals surface area (Å²) in [6.45, 7) is 7.17. The van der Waals surface area contributed by atoms with Gasteiger partial charge in [-0.25, -0.2) is 4.98 Å². The van der Waals surface area contributed by atoms with Gasteiger partial charge in [0.2, 0.25) is 0 Å². The van der Waals surface area contributed by atoms with Crippen LogP contribution in [0.3, 0.4) is 0 Å². The van der Waals surface area contributed by atoms with Crippen molar-refractivity contribution in [2.45, 2.75) is 39.7 Å². The number of rotatable bonds is 5. The molecule has 0 spiro atoms. The molecular weight excluding hydrogens is 310 g/mol. The molecule has 0 amide bonds. The zero-order valence-electron chi connectivity index (χ0n) is 15.0. The Balaban J connectivity index is 1.47. The van der Waals surface area contributed by atoms with Gasteiger partial charge in [-0.2, -0.15) is 0 Å². The zero-order valence-corrected chi connectivity index (χ0v) is 15.0.